The van der Waals surface area contributed by atoms with Gasteiger partial charge in [-0.1, -0.05) is 29.8 Å². The summed E-state index contributed by atoms with van der Waals surface area (Å²) in [4.78, 5) is 0. The Kier molecular flexibility index (Phi) is 4.00. The van der Waals surface area contributed by atoms with Gasteiger partial charge < -0.3 is 9.47 Å². The standard InChI is InChI=1S/C17H14ClN3O2S/c18-13-4-2-1-3-11(13)9-16-19-20-17(24)21(16)12-5-6-14-15(10-12)23-8-7-22-14/h1-6,10H,7-9H2,(H,20,24). The topological polar surface area (TPSA) is 52.1 Å². The lowest BCUT2D eigenvalue weighted by atomic mass is 10.1. The molecule has 0 spiro atoms. The second-order valence-electron chi connectivity index (χ2n) is 5.38. The molecule has 5 nitrogen and oxygen atoms in total. The van der Waals surface area contributed by atoms with Gasteiger partial charge in [-0.2, -0.15) is 5.10 Å². The van der Waals surface area contributed by atoms with Crippen LogP contribution in [0.25, 0.3) is 5.69 Å². The van der Waals surface area contributed by atoms with Crippen LogP contribution in [-0.2, 0) is 6.42 Å². The maximum atomic E-state index is 6.26. The molecule has 1 aliphatic rings. The van der Waals surface area contributed by atoms with Crippen molar-refractivity contribution in [3.63, 3.8) is 0 Å². The predicted molar refractivity (Wildman–Crippen MR) is 94.0 cm³/mol. The van der Waals surface area contributed by atoms with Crippen molar-refractivity contribution >= 4 is 23.8 Å². The van der Waals surface area contributed by atoms with E-state index in [9.17, 15) is 0 Å². The Morgan fingerprint density at radius 3 is 2.75 bits per heavy atom. The van der Waals surface area contributed by atoms with E-state index >= 15 is 0 Å². The Morgan fingerprint density at radius 2 is 1.92 bits per heavy atom. The molecule has 1 N–H and O–H groups in total. The fourth-order valence-electron chi connectivity index (χ4n) is 2.70. The van der Waals surface area contributed by atoms with E-state index in [1.807, 2.05) is 47.0 Å². The summed E-state index contributed by atoms with van der Waals surface area (Å²) < 4.78 is 13.6. The highest BCUT2D eigenvalue weighted by Gasteiger charge is 2.16. The van der Waals surface area contributed by atoms with Crippen LogP contribution in [0.2, 0.25) is 5.02 Å². The Labute approximate surface area is 148 Å². The van der Waals surface area contributed by atoms with Gasteiger partial charge in [0.05, 0.1) is 5.69 Å². The predicted octanol–water partition coefficient (Wildman–Crippen LogP) is 3.95. The molecule has 2 aromatic carbocycles. The number of H-pyrrole nitrogens is 1. The van der Waals surface area contributed by atoms with Gasteiger partial charge in [0.1, 0.15) is 19.0 Å². The van der Waals surface area contributed by atoms with E-state index in [4.69, 9.17) is 33.3 Å². The van der Waals surface area contributed by atoms with E-state index in [-0.39, 0.29) is 0 Å². The van der Waals surface area contributed by atoms with Gasteiger partial charge in [0.15, 0.2) is 16.3 Å². The zero-order valence-electron chi connectivity index (χ0n) is 12.7. The van der Waals surface area contributed by atoms with Crippen molar-refractivity contribution in [2.45, 2.75) is 6.42 Å². The van der Waals surface area contributed by atoms with Crippen LogP contribution in [-0.4, -0.2) is 28.0 Å². The van der Waals surface area contributed by atoms with Crippen LogP contribution < -0.4 is 9.47 Å². The molecule has 4 rings (SSSR count). The van der Waals surface area contributed by atoms with Crippen molar-refractivity contribution in [1.82, 2.24) is 14.8 Å². The molecule has 1 aromatic heterocycles. The van der Waals surface area contributed by atoms with Gasteiger partial charge in [-0.25, -0.2) is 0 Å². The molecule has 3 aromatic rings. The highest BCUT2D eigenvalue weighted by molar-refractivity contribution is 7.71. The number of fused-ring (bicyclic) bond motifs is 1. The van der Waals surface area contributed by atoms with Crippen LogP contribution in [0.5, 0.6) is 11.5 Å². The van der Waals surface area contributed by atoms with E-state index in [0.29, 0.717) is 35.2 Å². The molecular formula is C17H14ClN3O2S. The average molecular weight is 360 g/mol. The molecule has 1 aliphatic heterocycles. The fraction of sp³-hybridized carbons (Fsp3) is 0.176. The molecule has 0 bridgehead atoms. The van der Waals surface area contributed by atoms with Gasteiger partial charge in [-0.15, -0.1) is 0 Å². The molecule has 7 heteroatoms. The third kappa shape index (κ3) is 2.79. The summed E-state index contributed by atoms with van der Waals surface area (Å²) in [5.41, 5.74) is 1.87. The highest BCUT2D eigenvalue weighted by atomic mass is 35.5. The summed E-state index contributed by atoms with van der Waals surface area (Å²) in [6.45, 7) is 1.11. The largest absolute Gasteiger partial charge is 0.486 e. The van der Waals surface area contributed by atoms with Crippen molar-refractivity contribution in [1.29, 1.82) is 0 Å². The number of nitrogens with one attached hydrogen (secondary N) is 1. The van der Waals surface area contributed by atoms with Gasteiger partial charge in [0.2, 0.25) is 0 Å². The molecule has 122 valence electrons. The minimum atomic E-state index is 0.522. The molecular weight excluding hydrogens is 346 g/mol. The van der Waals surface area contributed by atoms with Gasteiger partial charge in [0, 0.05) is 17.5 Å². The number of hydrogen-bond donors (Lipinski definition) is 1. The fourth-order valence-corrected chi connectivity index (χ4v) is 3.16. The van der Waals surface area contributed by atoms with Crippen molar-refractivity contribution < 1.29 is 9.47 Å². The van der Waals surface area contributed by atoms with Gasteiger partial charge >= 0.3 is 0 Å². The molecule has 0 unspecified atom stereocenters. The molecule has 0 radical (unpaired) electrons. The Balaban J connectivity index is 1.75. The van der Waals surface area contributed by atoms with E-state index in [1.54, 1.807) is 0 Å². The molecule has 24 heavy (non-hydrogen) atoms. The number of hydrogen-bond acceptors (Lipinski definition) is 4. The van der Waals surface area contributed by atoms with Gasteiger partial charge in [-0.3, -0.25) is 9.67 Å². The lowest BCUT2D eigenvalue weighted by Gasteiger charge is -2.19. The molecule has 0 fully saturated rings. The monoisotopic (exact) mass is 359 g/mol. The maximum Gasteiger partial charge on any atom is 0.199 e. The summed E-state index contributed by atoms with van der Waals surface area (Å²) in [6.07, 6.45) is 0.571. The number of benzene rings is 2. The maximum absolute atomic E-state index is 6.26. The third-order valence-electron chi connectivity index (χ3n) is 3.83. The van der Waals surface area contributed by atoms with Crippen LogP contribution in [0.4, 0.5) is 0 Å². The van der Waals surface area contributed by atoms with E-state index in [1.165, 1.54) is 0 Å². The Hall–Kier alpha value is -2.31. The summed E-state index contributed by atoms with van der Waals surface area (Å²) in [5.74, 6) is 2.24. The SMILES string of the molecule is S=c1[nH]nc(Cc2ccccc2Cl)n1-c1ccc2c(c1)OCCO2. The first-order valence-electron chi connectivity index (χ1n) is 7.52. The Morgan fingerprint density at radius 1 is 1.12 bits per heavy atom. The first kappa shape index (κ1) is 15.2. The molecule has 0 aliphatic carbocycles. The second kappa shape index (κ2) is 6.30. The first-order chi connectivity index (χ1) is 11.7. The van der Waals surface area contributed by atoms with Crippen molar-refractivity contribution in [3.8, 4) is 17.2 Å². The summed E-state index contributed by atoms with van der Waals surface area (Å²) in [7, 11) is 0. The smallest absolute Gasteiger partial charge is 0.199 e. The van der Waals surface area contributed by atoms with E-state index in [2.05, 4.69) is 10.2 Å². The van der Waals surface area contributed by atoms with E-state index in [0.717, 1.165) is 22.8 Å². The zero-order chi connectivity index (χ0) is 16.5. The number of rotatable bonds is 3. The minimum absolute atomic E-state index is 0.522. The van der Waals surface area contributed by atoms with Crippen LogP contribution >= 0.6 is 23.8 Å². The summed E-state index contributed by atoms with van der Waals surface area (Å²) in [6, 6.07) is 13.4. The number of halogens is 1. The molecule has 0 amide bonds. The van der Waals surface area contributed by atoms with E-state index < -0.39 is 0 Å². The minimum Gasteiger partial charge on any atom is -0.486 e. The number of nitrogens with zero attached hydrogens (tertiary/aromatic N) is 2. The molecule has 2 heterocycles. The van der Waals surface area contributed by atoms with Crippen molar-refractivity contribution in [2.24, 2.45) is 0 Å². The second-order valence-corrected chi connectivity index (χ2v) is 6.17. The van der Waals surface area contributed by atoms with Crippen molar-refractivity contribution in [2.75, 3.05) is 13.2 Å². The zero-order valence-corrected chi connectivity index (χ0v) is 14.2. The van der Waals surface area contributed by atoms with Crippen LogP contribution in [0.3, 0.4) is 0 Å². The van der Waals surface area contributed by atoms with Gasteiger partial charge in [0.25, 0.3) is 0 Å². The lowest BCUT2D eigenvalue weighted by molar-refractivity contribution is 0.171. The highest BCUT2D eigenvalue weighted by Crippen LogP contribution is 2.32. The van der Waals surface area contributed by atoms with Crippen LogP contribution in [0.1, 0.15) is 11.4 Å². The van der Waals surface area contributed by atoms with Gasteiger partial charge in [-0.05, 0) is 36.0 Å². The normalized spacial score (nSPS) is 13.0. The summed E-state index contributed by atoms with van der Waals surface area (Å²) >= 11 is 11.7. The number of ether oxygens (including phenoxy) is 2. The van der Waals surface area contributed by atoms with Crippen LogP contribution in [0, 0.1) is 4.77 Å². The van der Waals surface area contributed by atoms with Crippen molar-refractivity contribution in [3.05, 3.63) is 63.6 Å². The Bertz CT molecular complexity index is 951. The lowest BCUT2D eigenvalue weighted by Crippen LogP contribution is -2.15. The average Bonchev–Trinajstić information content (AvgIpc) is 2.97. The quantitative estimate of drug-likeness (QED) is 0.719. The first-order valence-corrected chi connectivity index (χ1v) is 8.31. The number of aromatic nitrogens is 3. The molecule has 0 saturated carbocycles. The summed E-state index contributed by atoms with van der Waals surface area (Å²) in [5, 5.41) is 7.92. The third-order valence-corrected chi connectivity index (χ3v) is 4.47. The molecule has 0 atom stereocenters. The number of aromatic amines is 1. The molecule has 0 saturated heterocycles. The van der Waals surface area contributed by atoms with Crippen LogP contribution in [0.15, 0.2) is 42.5 Å².